The van der Waals surface area contributed by atoms with Crippen molar-refractivity contribution in [3.8, 4) is 5.75 Å². The van der Waals surface area contributed by atoms with Gasteiger partial charge < -0.3 is 10.1 Å². The number of hydrogen-bond donors (Lipinski definition) is 1. The maximum absolute atomic E-state index is 5.86. The van der Waals surface area contributed by atoms with E-state index >= 15 is 0 Å². The Hall–Kier alpha value is -0.730. The van der Waals surface area contributed by atoms with E-state index in [0.29, 0.717) is 0 Å². The molecular formula is C12H16ClNO. The van der Waals surface area contributed by atoms with E-state index in [1.807, 2.05) is 25.1 Å². The van der Waals surface area contributed by atoms with Gasteiger partial charge in [-0.05, 0) is 43.5 Å². The van der Waals surface area contributed by atoms with E-state index in [0.717, 1.165) is 35.5 Å². The zero-order valence-electron chi connectivity index (χ0n) is 8.92. The first-order valence-corrected chi connectivity index (χ1v) is 5.76. The summed E-state index contributed by atoms with van der Waals surface area (Å²) in [6, 6.07) is 6.46. The van der Waals surface area contributed by atoms with Gasteiger partial charge in [0.25, 0.3) is 0 Å². The lowest BCUT2D eigenvalue weighted by Gasteiger charge is -2.09. The summed E-state index contributed by atoms with van der Waals surface area (Å²) < 4.78 is 5.65. The SMILES string of the molecule is Cc1cc(Cl)ccc1OCCNC1CC1. The van der Waals surface area contributed by atoms with Gasteiger partial charge in [0.2, 0.25) is 0 Å². The second kappa shape index (κ2) is 4.86. The average molecular weight is 226 g/mol. The van der Waals surface area contributed by atoms with Crippen molar-refractivity contribution in [2.45, 2.75) is 25.8 Å². The molecule has 0 bridgehead atoms. The number of ether oxygens (including phenoxy) is 1. The minimum absolute atomic E-state index is 0.721. The van der Waals surface area contributed by atoms with E-state index in [2.05, 4.69) is 5.32 Å². The van der Waals surface area contributed by atoms with Gasteiger partial charge in [-0.25, -0.2) is 0 Å². The van der Waals surface area contributed by atoms with E-state index in [1.165, 1.54) is 12.8 Å². The van der Waals surface area contributed by atoms with E-state index in [9.17, 15) is 0 Å². The number of hydrogen-bond acceptors (Lipinski definition) is 2. The first-order valence-electron chi connectivity index (χ1n) is 5.38. The van der Waals surface area contributed by atoms with Crippen LogP contribution >= 0.6 is 11.6 Å². The van der Waals surface area contributed by atoms with Crippen LogP contribution in [-0.2, 0) is 0 Å². The Labute approximate surface area is 95.6 Å². The third-order valence-electron chi connectivity index (χ3n) is 2.51. The van der Waals surface area contributed by atoms with Crippen LogP contribution in [0.1, 0.15) is 18.4 Å². The standard InChI is InChI=1S/C12H16ClNO/c1-9-8-10(13)2-5-12(9)15-7-6-14-11-3-4-11/h2,5,8,11,14H,3-4,6-7H2,1H3. The van der Waals surface area contributed by atoms with Crippen LogP contribution in [0.5, 0.6) is 5.75 Å². The molecule has 1 saturated carbocycles. The van der Waals surface area contributed by atoms with Gasteiger partial charge in [0.1, 0.15) is 12.4 Å². The monoisotopic (exact) mass is 225 g/mol. The van der Waals surface area contributed by atoms with E-state index in [-0.39, 0.29) is 0 Å². The van der Waals surface area contributed by atoms with Gasteiger partial charge >= 0.3 is 0 Å². The first-order chi connectivity index (χ1) is 7.25. The summed E-state index contributed by atoms with van der Waals surface area (Å²) in [5.41, 5.74) is 1.09. The van der Waals surface area contributed by atoms with Crippen LogP contribution in [0.2, 0.25) is 5.02 Å². The van der Waals surface area contributed by atoms with E-state index in [4.69, 9.17) is 16.3 Å². The molecule has 0 aromatic heterocycles. The molecule has 0 unspecified atom stereocenters. The van der Waals surface area contributed by atoms with Gasteiger partial charge in [-0.15, -0.1) is 0 Å². The number of halogens is 1. The quantitative estimate of drug-likeness (QED) is 0.779. The molecule has 1 N–H and O–H groups in total. The highest BCUT2D eigenvalue weighted by atomic mass is 35.5. The fourth-order valence-corrected chi connectivity index (χ4v) is 1.71. The summed E-state index contributed by atoms with van der Waals surface area (Å²) in [7, 11) is 0. The summed E-state index contributed by atoms with van der Waals surface area (Å²) in [4.78, 5) is 0. The fourth-order valence-electron chi connectivity index (χ4n) is 1.49. The topological polar surface area (TPSA) is 21.3 Å². The molecule has 2 rings (SSSR count). The van der Waals surface area contributed by atoms with Crippen molar-refractivity contribution in [3.05, 3.63) is 28.8 Å². The zero-order chi connectivity index (χ0) is 10.7. The predicted molar refractivity (Wildman–Crippen MR) is 62.7 cm³/mol. The highest BCUT2D eigenvalue weighted by Crippen LogP contribution is 2.22. The smallest absolute Gasteiger partial charge is 0.122 e. The van der Waals surface area contributed by atoms with Crippen molar-refractivity contribution >= 4 is 11.6 Å². The zero-order valence-corrected chi connectivity index (χ0v) is 9.68. The Balaban J connectivity index is 1.76. The van der Waals surface area contributed by atoms with Crippen LogP contribution in [-0.4, -0.2) is 19.2 Å². The Morgan fingerprint density at radius 1 is 1.47 bits per heavy atom. The molecule has 0 radical (unpaired) electrons. The number of benzene rings is 1. The number of nitrogens with one attached hydrogen (secondary N) is 1. The van der Waals surface area contributed by atoms with E-state index in [1.54, 1.807) is 0 Å². The van der Waals surface area contributed by atoms with Crippen LogP contribution in [0.4, 0.5) is 0 Å². The van der Waals surface area contributed by atoms with Crippen LogP contribution in [0.3, 0.4) is 0 Å². The molecule has 1 aliphatic carbocycles. The Morgan fingerprint density at radius 2 is 2.27 bits per heavy atom. The molecule has 0 saturated heterocycles. The summed E-state index contributed by atoms with van der Waals surface area (Å²) in [6.07, 6.45) is 2.64. The lowest BCUT2D eigenvalue weighted by atomic mass is 10.2. The minimum Gasteiger partial charge on any atom is -0.492 e. The van der Waals surface area contributed by atoms with Gasteiger partial charge in [-0.1, -0.05) is 11.6 Å². The molecule has 0 atom stereocenters. The molecular weight excluding hydrogens is 210 g/mol. The predicted octanol–water partition coefficient (Wildman–Crippen LogP) is 2.78. The van der Waals surface area contributed by atoms with Crippen LogP contribution in [0.15, 0.2) is 18.2 Å². The molecule has 1 aromatic carbocycles. The summed E-state index contributed by atoms with van der Waals surface area (Å²) in [5, 5.41) is 4.17. The van der Waals surface area contributed by atoms with E-state index < -0.39 is 0 Å². The normalized spacial score (nSPS) is 15.3. The van der Waals surface area contributed by atoms with Crippen molar-refractivity contribution in [1.82, 2.24) is 5.32 Å². The Morgan fingerprint density at radius 3 is 2.93 bits per heavy atom. The molecule has 3 heteroatoms. The van der Waals surface area contributed by atoms with Crippen molar-refractivity contribution in [2.24, 2.45) is 0 Å². The number of aryl methyl sites for hydroxylation is 1. The molecule has 82 valence electrons. The van der Waals surface area contributed by atoms with Crippen LogP contribution in [0.25, 0.3) is 0 Å². The van der Waals surface area contributed by atoms with Crippen molar-refractivity contribution < 1.29 is 4.74 Å². The highest BCUT2D eigenvalue weighted by molar-refractivity contribution is 6.30. The average Bonchev–Trinajstić information content (AvgIpc) is 2.99. The third-order valence-corrected chi connectivity index (χ3v) is 2.74. The van der Waals surface area contributed by atoms with Gasteiger partial charge in [0, 0.05) is 17.6 Å². The van der Waals surface area contributed by atoms with Crippen molar-refractivity contribution in [1.29, 1.82) is 0 Å². The van der Waals surface area contributed by atoms with Gasteiger partial charge in [0.15, 0.2) is 0 Å². The molecule has 0 aliphatic heterocycles. The fraction of sp³-hybridized carbons (Fsp3) is 0.500. The highest BCUT2D eigenvalue weighted by Gasteiger charge is 2.19. The van der Waals surface area contributed by atoms with Crippen molar-refractivity contribution in [2.75, 3.05) is 13.2 Å². The van der Waals surface area contributed by atoms with Crippen molar-refractivity contribution in [3.63, 3.8) is 0 Å². The lowest BCUT2D eigenvalue weighted by Crippen LogP contribution is -2.22. The van der Waals surface area contributed by atoms with Gasteiger partial charge in [0.05, 0.1) is 0 Å². The van der Waals surface area contributed by atoms with Crippen LogP contribution < -0.4 is 10.1 Å². The second-order valence-electron chi connectivity index (χ2n) is 3.99. The first kappa shape index (κ1) is 10.8. The Bertz CT molecular complexity index is 336. The minimum atomic E-state index is 0.721. The van der Waals surface area contributed by atoms with Gasteiger partial charge in [-0.2, -0.15) is 0 Å². The molecule has 2 nitrogen and oxygen atoms in total. The molecule has 1 aliphatic rings. The maximum Gasteiger partial charge on any atom is 0.122 e. The molecule has 1 aromatic rings. The molecule has 0 spiro atoms. The third kappa shape index (κ3) is 3.40. The largest absolute Gasteiger partial charge is 0.492 e. The lowest BCUT2D eigenvalue weighted by molar-refractivity contribution is 0.311. The molecule has 1 fully saturated rings. The van der Waals surface area contributed by atoms with Crippen LogP contribution in [0, 0.1) is 6.92 Å². The molecule has 0 amide bonds. The molecule has 15 heavy (non-hydrogen) atoms. The summed E-state index contributed by atoms with van der Waals surface area (Å²) in [6.45, 7) is 3.65. The molecule has 0 heterocycles. The number of rotatable bonds is 5. The summed E-state index contributed by atoms with van der Waals surface area (Å²) in [5.74, 6) is 0.928. The second-order valence-corrected chi connectivity index (χ2v) is 4.42. The Kier molecular flexibility index (Phi) is 3.49. The summed E-state index contributed by atoms with van der Waals surface area (Å²) >= 11 is 5.86. The van der Waals surface area contributed by atoms with Gasteiger partial charge in [-0.3, -0.25) is 0 Å². The maximum atomic E-state index is 5.86.